The SMILES string of the molecule is CN1CCN([C@@H]2c3ccc(Cl)cc3C(C(C)(O)c3cncn3C)=CC3=CC(Br)=CNC32)CC1. The summed E-state index contributed by atoms with van der Waals surface area (Å²) in [5, 5.41) is 16.3. The highest BCUT2D eigenvalue weighted by atomic mass is 79.9. The number of nitrogens with zero attached hydrogens (tertiary/aromatic N) is 4. The molecule has 2 N–H and O–H groups in total. The van der Waals surface area contributed by atoms with Crippen LogP contribution in [0.2, 0.25) is 5.02 Å². The van der Waals surface area contributed by atoms with Crippen LogP contribution in [-0.4, -0.2) is 63.7 Å². The van der Waals surface area contributed by atoms with Gasteiger partial charge in [0, 0.05) is 48.9 Å². The summed E-state index contributed by atoms with van der Waals surface area (Å²) < 4.78 is 2.85. The summed E-state index contributed by atoms with van der Waals surface area (Å²) in [5.74, 6) is 0. The normalized spacial score (nSPS) is 25.6. The Kier molecular flexibility index (Phi) is 6.04. The molecule has 3 atom stereocenters. The zero-order valence-electron chi connectivity index (χ0n) is 19.1. The zero-order chi connectivity index (χ0) is 23.3. The van der Waals surface area contributed by atoms with Gasteiger partial charge in [0.05, 0.1) is 30.3 Å². The Balaban J connectivity index is 1.72. The molecule has 1 aliphatic carbocycles. The molecule has 3 heterocycles. The van der Waals surface area contributed by atoms with Crippen molar-refractivity contribution in [3.8, 4) is 0 Å². The van der Waals surface area contributed by atoms with Gasteiger partial charge in [-0.15, -0.1) is 0 Å². The van der Waals surface area contributed by atoms with Crippen molar-refractivity contribution in [2.75, 3.05) is 33.2 Å². The van der Waals surface area contributed by atoms with Crippen LogP contribution < -0.4 is 5.32 Å². The predicted molar refractivity (Wildman–Crippen MR) is 136 cm³/mol. The van der Waals surface area contributed by atoms with Crippen molar-refractivity contribution in [3.63, 3.8) is 0 Å². The van der Waals surface area contributed by atoms with Crippen LogP contribution in [0.4, 0.5) is 0 Å². The number of hydrogen-bond acceptors (Lipinski definition) is 5. The number of imidazole rings is 1. The summed E-state index contributed by atoms with van der Waals surface area (Å²) in [5.41, 5.74) is 3.56. The third-order valence-corrected chi connectivity index (χ3v) is 7.78. The van der Waals surface area contributed by atoms with E-state index in [9.17, 15) is 5.11 Å². The topological polar surface area (TPSA) is 56.6 Å². The number of likely N-dealkylation sites (N-methyl/N-ethyl adjacent to an activating group) is 1. The van der Waals surface area contributed by atoms with Crippen molar-refractivity contribution >= 4 is 33.1 Å². The molecule has 174 valence electrons. The summed E-state index contributed by atoms with van der Waals surface area (Å²) in [6.45, 7) is 5.85. The molecule has 2 aliphatic heterocycles. The van der Waals surface area contributed by atoms with Crippen LogP contribution >= 0.6 is 27.5 Å². The number of hydrogen-bond donors (Lipinski definition) is 2. The van der Waals surface area contributed by atoms with Crippen LogP contribution in [0.3, 0.4) is 0 Å². The smallest absolute Gasteiger partial charge is 0.129 e. The lowest BCUT2D eigenvalue weighted by atomic mass is 9.84. The van der Waals surface area contributed by atoms with Gasteiger partial charge in [-0.3, -0.25) is 4.90 Å². The van der Waals surface area contributed by atoms with Crippen molar-refractivity contribution in [1.29, 1.82) is 0 Å². The van der Waals surface area contributed by atoms with Crippen LogP contribution in [0, 0.1) is 0 Å². The Bertz CT molecular complexity index is 1160. The van der Waals surface area contributed by atoms with Crippen molar-refractivity contribution in [2.24, 2.45) is 7.05 Å². The van der Waals surface area contributed by atoms with Crippen LogP contribution in [0.15, 0.2) is 59.1 Å². The van der Waals surface area contributed by atoms with E-state index in [1.54, 1.807) is 12.5 Å². The van der Waals surface area contributed by atoms with E-state index in [1.807, 2.05) is 36.9 Å². The third kappa shape index (κ3) is 4.10. The fourth-order valence-electron chi connectivity index (χ4n) is 5.28. The molecule has 2 aromatic rings. The summed E-state index contributed by atoms with van der Waals surface area (Å²) in [6, 6.07) is 6.24. The van der Waals surface area contributed by atoms with Gasteiger partial charge in [0.1, 0.15) is 5.60 Å². The predicted octanol–water partition coefficient (Wildman–Crippen LogP) is 3.80. The second-order valence-corrected chi connectivity index (χ2v) is 10.7. The minimum absolute atomic E-state index is 0.0504. The number of halogens is 2. The number of piperazine rings is 1. The van der Waals surface area contributed by atoms with Gasteiger partial charge in [-0.2, -0.15) is 0 Å². The van der Waals surface area contributed by atoms with E-state index in [4.69, 9.17) is 11.6 Å². The van der Waals surface area contributed by atoms with E-state index in [0.717, 1.165) is 53.1 Å². The molecule has 2 unspecified atom stereocenters. The van der Waals surface area contributed by atoms with Crippen LogP contribution in [0.25, 0.3) is 5.57 Å². The maximum Gasteiger partial charge on any atom is 0.129 e. The van der Waals surface area contributed by atoms with E-state index in [0.29, 0.717) is 5.02 Å². The molecule has 1 saturated heterocycles. The Morgan fingerprint density at radius 1 is 1.18 bits per heavy atom. The monoisotopic (exact) mass is 529 g/mol. The van der Waals surface area contributed by atoms with Crippen molar-refractivity contribution in [1.82, 2.24) is 24.7 Å². The zero-order valence-corrected chi connectivity index (χ0v) is 21.4. The van der Waals surface area contributed by atoms with Gasteiger partial charge in [0.15, 0.2) is 0 Å². The minimum Gasteiger partial charge on any atom is -0.381 e. The van der Waals surface area contributed by atoms with Gasteiger partial charge in [-0.25, -0.2) is 4.98 Å². The molecule has 8 heteroatoms. The van der Waals surface area contributed by atoms with Crippen molar-refractivity contribution < 1.29 is 5.11 Å². The molecule has 0 spiro atoms. The highest BCUT2D eigenvalue weighted by Crippen LogP contribution is 2.46. The maximum atomic E-state index is 12.0. The van der Waals surface area contributed by atoms with Crippen LogP contribution in [-0.2, 0) is 12.6 Å². The Hall–Kier alpha value is -1.90. The molecule has 0 bridgehead atoms. The summed E-state index contributed by atoms with van der Waals surface area (Å²) in [6.07, 6.45) is 9.75. The molecule has 5 rings (SSSR count). The molecule has 1 fully saturated rings. The number of aromatic nitrogens is 2. The Morgan fingerprint density at radius 3 is 2.64 bits per heavy atom. The van der Waals surface area contributed by atoms with E-state index < -0.39 is 5.60 Å². The average Bonchev–Trinajstić information content (AvgIpc) is 3.16. The van der Waals surface area contributed by atoms with E-state index >= 15 is 0 Å². The minimum atomic E-state index is -1.26. The average molecular weight is 531 g/mol. The number of aliphatic hydroxyl groups is 1. The number of dihydropyridines is 1. The number of benzene rings is 1. The molecule has 0 saturated carbocycles. The molecule has 1 aromatic heterocycles. The fraction of sp³-hybridized carbons (Fsp3) is 0.400. The number of nitrogens with one attached hydrogen (secondary N) is 1. The molecule has 0 amide bonds. The van der Waals surface area contributed by atoms with E-state index in [1.165, 1.54) is 5.56 Å². The lowest BCUT2D eigenvalue weighted by Crippen LogP contribution is -2.51. The van der Waals surface area contributed by atoms with Gasteiger partial charge in [-0.1, -0.05) is 17.7 Å². The first-order chi connectivity index (χ1) is 15.8. The van der Waals surface area contributed by atoms with Crippen molar-refractivity contribution in [3.05, 3.63) is 81.0 Å². The molecular weight excluding hydrogens is 502 g/mol. The highest BCUT2D eigenvalue weighted by molar-refractivity contribution is 9.11. The quantitative estimate of drug-likeness (QED) is 0.632. The largest absolute Gasteiger partial charge is 0.381 e. The standard InChI is InChI=1S/C25H29BrClN5O/c1-25(33,22-14-28-15-31(22)3)21-11-16-10-17(26)13-29-23(16)24(32-8-6-30(2)7-9-32)19-5-4-18(27)12-20(19)21/h4-5,10-15,23-24,29,33H,6-9H2,1-3H3/t23?,24-,25?/m1/s1. The highest BCUT2D eigenvalue weighted by Gasteiger charge is 2.41. The molecule has 0 radical (unpaired) electrons. The summed E-state index contributed by atoms with van der Waals surface area (Å²) >= 11 is 10.2. The Morgan fingerprint density at radius 2 is 1.94 bits per heavy atom. The second-order valence-electron chi connectivity index (χ2n) is 9.35. The lowest BCUT2D eigenvalue weighted by Gasteiger charge is -2.42. The van der Waals surface area contributed by atoms with Gasteiger partial charge in [0.2, 0.25) is 0 Å². The first-order valence-corrected chi connectivity index (χ1v) is 12.4. The van der Waals surface area contributed by atoms with Gasteiger partial charge in [0.25, 0.3) is 0 Å². The first kappa shape index (κ1) is 22.9. The van der Waals surface area contributed by atoms with Crippen LogP contribution in [0.1, 0.15) is 29.8 Å². The Labute approximate surface area is 208 Å². The number of allylic oxidation sites excluding steroid dienone is 2. The molecule has 3 aliphatic rings. The van der Waals surface area contributed by atoms with Gasteiger partial charge in [-0.05, 0) is 76.5 Å². The molecule has 6 nitrogen and oxygen atoms in total. The molecule has 33 heavy (non-hydrogen) atoms. The second kappa shape index (κ2) is 8.71. The number of fused-ring (bicyclic) bond motifs is 2. The lowest BCUT2D eigenvalue weighted by molar-refractivity contribution is 0.0991. The third-order valence-electron chi connectivity index (χ3n) is 7.09. The first-order valence-electron chi connectivity index (χ1n) is 11.2. The fourth-order valence-corrected chi connectivity index (χ4v) is 5.85. The molecular formula is C25H29BrClN5O. The number of rotatable bonds is 3. The van der Waals surface area contributed by atoms with Crippen LogP contribution in [0.5, 0.6) is 0 Å². The van der Waals surface area contributed by atoms with Gasteiger partial charge < -0.3 is 19.9 Å². The summed E-state index contributed by atoms with van der Waals surface area (Å²) in [7, 11) is 4.08. The van der Waals surface area contributed by atoms with Crippen molar-refractivity contribution in [2.45, 2.75) is 24.6 Å². The maximum absolute atomic E-state index is 12.0. The van der Waals surface area contributed by atoms with E-state index in [-0.39, 0.29) is 12.1 Å². The summed E-state index contributed by atoms with van der Waals surface area (Å²) in [4.78, 5) is 9.19. The number of aryl methyl sites for hydroxylation is 1. The molecule has 1 aromatic carbocycles. The van der Waals surface area contributed by atoms with Gasteiger partial charge >= 0.3 is 0 Å². The van der Waals surface area contributed by atoms with E-state index in [2.05, 4.69) is 61.3 Å².